The van der Waals surface area contributed by atoms with E-state index in [-0.39, 0.29) is 27.0 Å². The van der Waals surface area contributed by atoms with Crippen LogP contribution in [0.1, 0.15) is 15.9 Å². The van der Waals surface area contributed by atoms with Crippen LogP contribution >= 0.6 is 0 Å². The number of H-pyrrole nitrogens is 1. The summed E-state index contributed by atoms with van der Waals surface area (Å²) in [5.74, 6) is -0.987. The molecule has 146 valence electrons. The van der Waals surface area contributed by atoms with Crippen molar-refractivity contribution in [3.05, 3.63) is 70.0 Å². The van der Waals surface area contributed by atoms with E-state index >= 15 is 0 Å². The summed E-state index contributed by atoms with van der Waals surface area (Å²) in [7, 11) is -4.30. The summed E-state index contributed by atoms with van der Waals surface area (Å²) in [6, 6.07) is 7.14. The van der Waals surface area contributed by atoms with Crippen molar-refractivity contribution in [2.75, 3.05) is 4.72 Å². The third kappa shape index (κ3) is 3.69. The van der Waals surface area contributed by atoms with Crippen LogP contribution in [0.2, 0.25) is 0 Å². The smallest absolute Gasteiger partial charge is 0.365 e. The molecule has 0 spiro atoms. The average molecular weight is 411 g/mol. The zero-order valence-corrected chi connectivity index (χ0v) is 14.7. The van der Waals surface area contributed by atoms with Gasteiger partial charge in [-0.25, -0.2) is 8.42 Å². The summed E-state index contributed by atoms with van der Waals surface area (Å²) >= 11 is 0. The van der Waals surface area contributed by atoms with Crippen LogP contribution in [0.3, 0.4) is 0 Å². The standard InChI is InChI=1S/C17H12F3N3O4S/c18-17(19,20)9-2-1-3-10(6-9)23-28(26,27)11-4-5-14-12(7-11)15(24)13(8-22-14)16(21)25/h1-8,23H,(H2,21,25)(H,22,24). The van der Waals surface area contributed by atoms with E-state index in [1.54, 1.807) is 0 Å². The Labute approximate surface area is 156 Å². The van der Waals surface area contributed by atoms with Crippen LogP contribution in [-0.2, 0) is 16.2 Å². The van der Waals surface area contributed by atoms with E-state index < -0.39 is 33.1 Å². The predicted octanol–water partition coefficient (Wildman–Crippen LogP) is 2.45. The van der Waals surface area contributed by atoms with E-state index in [1.165, 1.54) is 6.07 Å². The van der Waals surface area contributed by atoms with Gasteiger partial charge in [0.2, 0.25) is 5.43 Å². The molecule has 3 aromatic rings. The molecule has 1 amide bonds. The second-order valence-electron chi connectivity index (χ2n) is 5.79. The number of sulfonamides is 1. The first-order valence-corrected chi connectivity index (χ1v) is 9.13. The molecule has 11 heteroatoms. The Morgan fingerprint density at radius 3 is 2.46 bits per heavy atom. The van der Waals surface area contributed by atoms with Gasteiger partial charge in [0.05, 0.1) is 10.5 Å². The average Bonchev–Trinajstić information content (AvgIpc) is 2.60. The number of hydrogen-bond acceptors (Lipinski definition) is 4. The van der Waals surface area contributed by atoms with Crippen molar-refractivity contribution < 1.29 is 26.4 Å². The number of primary amides is 1. The molecule has 0 atom stereocenters. The number of nitrogens with two attached hydrogens (primary N) is 1. The van der Waals surface area contributed by atoms with Gasteiger partial charge in [-0.05, 0) is 36.4 Å². The molecule has 1 aromatic heterocycles. The number of carbonyl (C=O) groups is 1. The number of fused-ring (bicyclic) bond motifs is 1. The van der Waals surface area contributed by atoms with Crippen molar-refractivity contribution in [3.8, 4) is 0 Å². The maximum atomic E-state index is 12.8. The third-order valence-corrected chi connectivity index (χ3v) is 5.25. The molecule has 0 saturated heterocycles. The van der Waals surface area contributed by atoms with Crippen LogP contribution in [0.25, 0.3) is 10.9 Å². The summed E-state index contributed by atoms with van der Waals surface area (Å²) in [6.07, 6.45) is -3.52. The van der Waals surface area contributed by atoms with Gasteiger partial charge < -0.3 is 10.7 Å². The van der Waals surface area contributed by atoms with Gasteiger partial charge in [-0.1, -0.05) is 6.07 Å². The molecular formula is C17H12F3N3O4S. The number of alkyl halides is 3. The Morgan fingerprint density at radius 1 is 1.11 bits per heavy atom. The van der Waals surface area contributed by atoms with Crippen molar-refractivity contribution in [1.29, 1.82) is 0 Å². The summed E-state index contributed by atoms with van der Waals surface area (Å²) < 4.78 is 65.5. The monoisotopic (exact) mass is 411 g/mol. The fourth-order valence-corrected chi connectivity index (χ4v) is 3.60. The van der Waals surface area contributed by atoms with E-state index in [0.717, 1.165) is 36.5 Å². The molecule has 3 rings (SSSR count). The van der Waals surface area contributed by atoms with Gasteiger partial charge in [-0.15, -0.1) is 0 Å². The van der Waals surface area contributed by atoms with Crippen molar-refractivity contribution in [1.82, 2.24) is 4.98 Å². The largest absolute Gasteiger partial charge is 0.416 e. The van der Waals surface area contributed by atoms with Crippen molar-refractivity contribution >= 4 is 32.5 Å². The number of pyridine rings is 1. The van der Waals surface area contributed by atoms with Gasteiger partial charge in [0.15, 0.2) is 0 Å². The number of anilines is 1. The molecule has 7 nitrogen and oxygen atoms in total. The molecule has 2 aromatic carbocycles. The number of carbonyl (C=O) groups excluding carboxylic acids is 1. The van der Waals surface area contributed by atoms with E-state index in [2.05, 4.69) is 4.98 Å². The summed E-state index contributed by atoms with van der Waals surface area (Å²) in [5.41, 5.74) is 2.92. The molecule has 0 aliphatic rings. The van der Waals surface area contributed by atoms with Crippen LogP contribution in [0.15, 0.2) is 58.4 Å². The SMILES string of the molecule is NC(=O)c1c[nH]c2ccc(S(=O)(=O)Nc3cccc(C(F)(F)F)c3)cc2c1=O. The van der Waals surface area contributed by atoms with Gasteiger partial charge in [0.25, 0.3) is 15.9 Å². The number of amides is 1. The zero-order chi connectivity index (χ0) is 20.7. The highest BCUT2D eigenvalue weighted by atomic mass is 32.2. The Balaban J connectivity index is 2.05. The molecular weight excluding hydrogens is 399 g/mol. The molecule has 0 radical (unpaired) electrons. The highest BCUT2D eigenvalue weighted by Gasteiger charge is 2.30. The molecule has 0 saturated carbocycles. The summed E-state index contributed by atoms with van der Waals surface area (Å²) in [5, 5.41) is -0.108. The van der Waals surface area contributed by atoms with Gasteiger partial charge in [0.1, 0.15) is 5.56 Å². The maximum absolute atomic E-state index is 12.8. The van der Waals surface area contributed by atoms with Crippen LogP contribution in [0.5, 0.6) is 0 Å². The lowest BCUT2D eigenvalue weighted by Gasteiger charge is -2.12. The van der Waals surface area contributed by atoms with Gasteiger partial charge >= 0.3 is 6.18 Å². The lowest BCUT2D eigenvalue weighted by Crippen LogP contribution is -2.22. The predicted molar refractivity (Wildman–Crippen MR) is 95.3 cm³/mol. The van der Waals surface area contributed by atoms with Crippen molar-refractivity contribution in [2.24, 2.45) is 5.73 Å². The van der Waals surface area contributed by atoms with Crippen molar-refractivity contribution in [3.63, 3.8) is 0 Å². The number of halogens is 3. The molecule has 0 aliphatic carbocycles. The second kappa shape index (κ2) is 6.68. The summed E-state index contributed by atoms with van der Waals surface area (Å²) in [6.45, 7) is 0. The first-order chi connectivity index (χ1) is 13.0. The second-order valence-corrected chi connectivity index (χ2v) is 7.47. The third-order valence-electron chi connectivity index (χ3n) is 3.87. The molecule has 0 unspecified atom stereocenters. The Hall–Kier alpha value is -3.34. The topological polar surface area (TPSA) is 122 Å². The molecule has 0 fully saturated rings. The first-order valence-electron chi connectivity index (χ1n) is 7.64. The van der Waals surface area contributed by atoms with E-state index in [0.29, 0.717) is 6.07 Å². The van der Waals surface area contributed by atoms with Crippen LogP contribution in [0.4, 0.5) is 18.9 Å². The van der Waals surface area contributed by atoms with E-state index in [4.69, 9.17) is 5.73 Å². The minimum Gasteiger partial charge on any atom is -0.365 e. The highest BCUT2D eigenvalue weighted by molar-refractivity contribution is 7.92. The quantitative estimate of drug-likeness (QED) is 0.610. The van der Waals surface area contributed by atoms with Gasteiger partial charge in [-0.3, -0.25) is 14.3 Å². The van der Waals surface area contributed by atoms with Gasteiger partial charge in [0, 0.05) is 22.8 Å². The molecule has 0 aliphatic heterocycles. The zero-order valence-electron chi connectivity index (χ0n) is 13.9. The number of aromatic nitrogens is 1. The van der Waals surface area contributed by atoms with Crippen LogP contribution in [0, 0.1) is 0 Å². The highest BCUT2D eigenvalue weighted by Crippen LogP contribution is 2.31. The molecule has 1 heterocycles. The van der Waals surface area contributed by atoms with Crippen LogP contribution in [-0.4, -0.2) is 19.3 Å². The summed E-state index contributed by atoms with van der Waals surface area (Å²) in [4.78, 5) is 25.9. The van der Waals surface area contributed by atoms with Crippen LogP contribution < -0.4 is 15.9 Å². The Kier molecular flexibility index (Phi) is 4.63. The lowest BCUT2D eigenvalue weighted by molar-refractivity contribution is -0.137. The normalized spacial score (nSPS) is 12.1. The van der Waals surface area contributed by atoms with Gasteiger partial charge in [-0.2, -0.15) is 13.2 Å². The maximum Gasteiger partial charge on any atom is 0.416 e. The van der Waals surface area contributed by atoms with E-state index in [1.807, 2.05) is 4.72 Å². The Morgan fingerprint density at radius 2 is 1.82 bits per heavy atom. The molecule has 28 heavy (non-hydrogen) atoms. The number of nitrogens with one attached hydrogen (secondary N) is 2. The Bertz CT molecular complexity index is 1250. The number of benzene rings is 2. The fraction of sp³-hybridized carbons (Fsp3) is 0.0588. The first kappa shape index (κ1) is 19.4. The number of rotatable bonds is 4. The minimum atomic E-state index is -4.64. The minimum absolute atomic E-state index is 0.108. The van der Waals surface area contributed by atoms with Crippen molar-refractivity contribution in [2.45, 2.75) is 11.1 Å². The molecule has 0 bridgehead atoms. The fourth-order valence-electron chi connectivity index (χ4n) is 2.52. The number of aromatic amines is 1. The lowest BCUT2D eigenvalue weighted by atomic mass is 10.1. The van der Waals surface area contributed by atoms with E-state index in [9.17, 15) is 31.2 Å². The molecule has 4 N–H and O–H groups in total. The number of hydrogen-bond donors (Lipinski definition) is 3.